The predicted molar refractivity (Wildman–Crippen MR) is 126 cm³/mol. The Morgan fingerprint density at radius 1 is 0.903 bits per heavy atom. The van der Waals surface area contributed by atoms with E-state index in [4.69, 9.17) is 4.74 Å². The molecule has 0 radical (unpaired) electrons. The zero-order chi connectivity index (χ0) is 21.6. The van der Waals surface area contributed by atoms with Crippen LogP contribution in [0.3, 0.4) is 0 Å². The second-order valence-electron chi connectivity index (χ2n) is 7.96. The Bertz CT molecular complexity index is 1090. The Kier molecular flexibility index (Phi) is 6.70. The van der Waals surface area contributed by atoms with Crippen LogP contribution < -0.4 is 4.74 Å². The first-order valence-corrected chi connectivity index (χ1v) is 10.8. The molecule has 0 amide bonds. The fourth-order valence-electron chi connectivity index (χ4n) is 4.04. The fraction of sp³-hybridized carbons (Fsp3) is 0.259. The Morgan fingerprint density at radius 3 is 2.26 bits per heavy atom. The largest absolute Gasteiger partial charge is 0.489 e. The van der Waals surface area contributed by atoms with Gasteiger partial charge in [0.1, 0.15) is 18.5 Å². The lowest BCUT2D eigenvalue weighted by Gasteiger charge is -2.33. The number of nitrogens with zero attached hydrogens (tertiary/aromatic N) is 2. The zero-order valence-corrected chi connectivity index (χ0v) is 18.2. The van der Waals surface area contributed by atoms with Crippen molar-refractivity contribution in [3.05, 3.63) is 102 Å². The van der Waals surface area contributed by atoms with Crippen LogP contribution in [0.4, 0.5) is 0 Å². The minimum atomic E-state index is -0.531. The summed E-state index contributed by atoms with van der Waals surface area (Å²) in [7, 11) is 2.06. The number of likely N-dealkylation sites (N-methyl/N-ethyl adjacent to an activating group) is 1. The van der Waals surface area contributed by atoms with E-state index in [0.717, 1.165) is 34.3 Å². The highest BCUT2D eigenvalue weighted by atomic mass is 16.5. The van der Waals surface area contributed by atoms with Crippen LogP contribution in [0, 0.1) is 0 Å². The highest BCUT2D eigenvalue weighted by Gasteiger charge is 2.25. The molecule has 0 spiro atoms. The molecule has 160 valence electrons. The quantitative estimate of drug-likeness (QED) is 0.405. The van der Waals surface area contributed by atoms with Crippen LogP contribution in [0.1, 0.15) is 24.2 Å². The van der Waals surface area contributed by atoms with Gasteiger partial charge in [0.25, 0.3) is 0 Å². The molecule has 0 bridgehead atoms. The molecule has 1 N–H and O–H groups in total. The van der Waals surface area contributed by atoms with Gasteiger partial charge >= 0.3 is 0 Å². The van der Waals surface area contributed by atoms with Crippen LogP contribution in [-0.4, -0.2) is 34.3 Å². The molecule has 4 nitrogen and oxygen atoms in total. The highest BCUT2D eigenvalue weighted by molar-refractivity contribution is 5.81. The van der Waals surface area contributed by atoms with Crippen molar-refractivity contribution >= 4 is 10.9 Å². The molecule has 3 aromatic carbocycles. The maximum absolute atomic E-state index is 11.2. The molecule has 2 unspecified atom stereocenters. The molecule has 0 saturated heterocycles. The molecule has 0 fully saturated rings. The smallest absolute Gasteiger partial charge is 0.120 e. The van der Waals surface area contributed by atoms with Crippen molar-refractivity contribution in [2.45, 2.75) is 32.2 Å². The van der Waals surface area contributed by atoms with E-state index < -0.39 is 6.10 Å². The third-order valence-electron chi connectivity index (χ3n) is 5.81. The average Bonchev–Trinajstić information content (AvgIpc) is 3.22. The van der Waals surface area contributed by atoms with Gasteiger partial charge in [0.15, 0.2) is 0 Å². The van der Waals surface area contributed by atoms with E-state index >= 15 is 0 Å². The van der Waals surface area contributed by atoms with Crippen LogP contribution in [0.25, 0.3) is 10.9 Å². The van der Waals surface area contributed by atoms with Crippen LogP contribution >= 0.6 is 0 Å². The lowest BCUT2D eigenvalue weighted by Crippen LogP contribution is -2.38. The fourth-order valence-corrected chi connectivity index (χ4v) is 4.04. The van der Waals surface area contributed by atoms with Gasteiger partial charge in [-0.1, -0.05) is 67.6 Å². The van der Waals surface area contributed by atoms with Crippen molar-refractivity contribution in [2.75, 3.05) is 13.6 Å². The Balaban J connectivity index is 1.56. The molecule has 4 aromatic rings. The average molecular weight is 415 g/mol. The number of hydrogen-bond donors (Lipinski definition) is 1. The summed E-state index contributed by atoms with van der Waals surface area (Å²) in [6.45, 7) is 3.50. The number of aliphatic hydroxyl groups is 1. The van der Waals surface area contributed by atoms with Crippen LogP contribution in [0.2, 0.25) is 0 Å². The van der Waals surface area contributed by atoms with E-state index in [1.165, 1.54) is 0 Å². The number of rotatable bonds is 9. The summed E-state index contributed by atoms with van der Waals surface area (Å²) >= 11 is 0. The number of ether oxygens (including phenoxy) is 1. The van der Waals surface area contributed by atoms with E-state index in [2.05, 4.69) is 72.1 Å². The monoisotopic (exact) mass is 414 g/mol. The molecule has 0 aliphatic rings. The lowest BCUT2D eigenvalue weighted by atomic mass is 10.1. The Hall–Kier alpha value is -3.08. The molecule has 0 aliphatic heterocycles. The summed E-state index contributed by atoms with van der Waals surface area (Å²) in [4.78, 5) is 2.19. The number of aliphatic hydroxyl groups excluding tert-OH is 1. The third-order valence-corrected chi connectivity index (χ3v) is 5.81. The SMILES string of the molecule is CCN(C)C(C(O)Cc1ccccc1)n1ccc2cc(OCc3ccccc3)ccc21. The third kappa shape index (κ3) is 4.98. The van der Waals surface area contributed by atoms with Gasteiger partial charge in [-0.15, -0.1) is 0 Å². The maximum Gasteiger partial charge on any atom is 0.120 e. The van der Waals surface area contributed by atoms with Gasteiger partial charge in [0, 0.05) is 23.5 Å². The van der Waals surface area contributed by atoms with Crippen molar-refractivity contribution in [2.24, 2.45) is 0 Å². The molecule has 0 saturated carbocycles. The number of fused-ring (bicyclic) bond motifs is 1. The van der Waals surface area contributed by atoms with E-state index in [-0.39, 0.29) is 6.17 Å². The Morgan fingerprint density at radius 2 is 1.58 bits per heavy atom. The van der Waals surface area contributed by atoms with Gasteiger partial charge in [-0.2, -0.15) is 0 Å². The first-order chi connectivity index (χ1) is 15.2. The lowest BCUT2D eigenvalue weighted by molar-refractivity contribution is 0.0267. The highest BCUT2D eigenvalue weighted by Crippen LogP contribution is 2.29. The van der Waals surface area contributed by atoms with Crippen molar-refractivity contribution in [3.8, 4) is 5.75 Å². The van der Waals surface area contributed by atoms with Gasteiger partial charge in [0.2, 0.25) is 0 Å². The summed E-state index contributed by atoms with van der Waals surface area (Å²) in [6, 6.07) is 28.6. The maximum atomic E-state index is 11.2. The minimum absolute atomic E-state index is 0.154. The molecular weight excluding hydrogens is 384 g/mol. The van der Waals surface area contributed by atoms with Crippen LogP contribution in [0.5, 0.6) is 5.75 Å². The summed E-state index contributed by atoms with van der Waals surface area (Å²) in [6.07, 6.45) is 1.99. The van der Waals surface area contributed by atoms with Gasteiger partial charge in [-0.25, -0.2) is 0 Å². The molecule has 0 aliphatic carbocycles. The Labute approximate surface area is 184 Å². The van der Waals surface area contributed by atoms with E-state index in [9.17, 15) is 5.11 Å². The molecule has 4 heteroatoms. The second kappa shape index (κ2) is 9.82. The standard InChI is InChI=1S/C27H30N2O2/c1-3-28(2)27(26(30)18-21-10-6-4-7-11-21)29-17-16-23-19-24(14-15-25(23)29)31-20-22-12-8-5-9-13-22/h4-17,19,26-27,30H,3,18,20H2,1-2H3. The van der Waals surface area contributed by atoms with Gasteiger partial charge in [0.05, 0.1) is 6.10 Å². The van der Waals surface area contributed by atoms with E-state index in [1.807, 2.05) is 42.5 Å². The summed E-state index contributed by atoms with van der Waals surface area (Å²) in [5.41, 5.74) is 3.37. The van der Waals surface area contributed by atoms with Gasteiger partial charge in [-0.05, 0) is 49.0 Å². The van der Waals surface area contributed by atoms with Crippen molar-refractivity contribution < 1.29 is 9.84 Å². The summed E-state index contributed by atoms with van der Waals surface area (Å²) in [5, 5.41) is 12.3. The molecule has 1 aromatic heterocycles. The molecule has 1 heterocycles. The van der Waals surface area contributed by atoms with Crippen molar-refractivity contribution in [1.82, 2.24) is 9.47 Å². The summed E-state index contributed by atoms with van der Waals surface area (Å²) < 4.78 is 8.17. The summed E-state index contributed by atoms with van der Waals surface area (Å²) in [5.74, 6) is 0.847. The molecule has 2 atom stereocenters. The second-order valence-corrected chi connectivity index (χ2v) is 7.96. The minimum Gasteiger partial charge on any atom is -0.489 e. The molecule has 4 rings (SSSR count). The first kappa shape index (κ1) is 21.2. The van der Waals surface area contributed by atoms with Crippen molar-refractivity contribution in [3.63, 3.8) is 0 Å². The normalized spacial score (nSPS) is 13.4. The number of hydrogen-bond acceptors (Lipinski definition) is 3. The van der Waals surface area contributed by atoms with E-state index in [0.29, 0.717) is 13.0 Å². The van der Waals surface area contributed by atoms with Crippen LogP contribution in [0.15, 0.2) is 91.1 Å². The predicted octanol–water partition coefficient (Wildman–Crippen LogP) is 5.27. The topological polar surface area (TPSA) is 37.6 Å². The number of benzene rings is 3. The van der Waals surface area contributed by atoms with Gasteiger partial charge in [-0.3, -0.25) is 4.90 Å². The van der Waals surface area contributed by atoms with Crippen molar-refractivity contribution in [1.29, 1.82) is 0 Å². The van der Waals surface area contributed by atoms with E-state index in [1.54, 1.807) is 0 Å². The first-order valence-electron chi connectivity index (χ1n) is 10.8. The molecular formula is C27H30N2O2. The molecule has 31 heavy (non-hydrogen) atoms. The van der Waals surface area contributed by atoms with Crippen LogP contribution in [-0.2, 0) is 13.0 Å². The number of aromatic nitrogens is 1. The zero-order valence-electron chi connectivity index (χ0n) is 18.2. The van der Waals surface area contributed by atoms with Gasteiger partial charge < -0.3 is 14.4 Å².